The Labute approximate surface area is 140 Å². The highest BCUT2D eigenvalue weighted by molar-refractivity contribution is 7.91. The molecule has 0 heterocycles. The molecule has 0 aliphatic rings. The minimum absolute atomic E-state index is 0.149. The Hall–Kier alpha value is -2.33. The van der Waals surface area contributed by atoms with Crippen LogP contribution in [-0.2, 0) is 0 Å². The number of benzene rings is 3. The fourth-order valence-electron chi connectivity index (χ4n) is 2.54. The van der Waals surface area contributed by atoms with Crippen LogP contribution in [-0.4, -0.2) is 0 Å². The third-order valence-corrected chi connectivity index (χ3v) is 6.75. The van der Waals surface area contributed by atoms with E-state index in [0.29, 0.717) is 0 Å². The molecule has 7 heteroatoms. The van der Waals surface area contributed by atoms with E-state index in [9.17, 15) is 22.0 Å². The van der Waals surface area contributed by atoms with Crippen LogP contribution in [0.25, 0.3) is 0 Å². The van der Waals surface area contributed by atoms with Crippen LogP contribution in [0.2, 0.25) is 0 Å². The SMILES string of the molecule is Fc1c(F)c(F)c([P+](F)(c2ccccc2)c2ccccc2)c(F)c1F. The maximum atomic E-state index is 16.2. The molecule has 3 aromatic rings. The van der Waals surface area contributed by atoms with Gasteiger partial charge in [0.1, 0.15) is 10.6 Å². The van der Waals surface area contributed by atoms with Crippen molar-refractivity contribution in [1.29, 1.82) is 0 Å². The van der Waals surface area contributed by atoms with Gasteiger partial charge in [-0.15, -0.1) is 0 Å². The third kappa shape index (κ3) is 2.71. The van der Waals surface area contributed by atoms with Crippen molar-refractivity contribution < 1.29 is 26.1 Å². The quantitative estimate of drug-likeness (QED) is 0.274. The topological polar surface area (TPSA) is 0 Å². The van der Waals surface area contributed by atoms with Crippen LogP contribution in [0.3, 0.4) is 0 Å². The number of halogens is 6. The van der Waals surface area contributed by atoms with Crippen molar-refractivity contribution in [3.05, 3.63) is 89.7 Å². The lowest BCUT2D eigenvalue weighted by Gasteiger charge is -2.18. The van der Waals surface area contributed by atoms with Crippen LogP contribution < -0.4 is 15.9 Å². The molecule has 0 fully saturated rings. The molecule has 0 aliphatic heterocycles. The van der Waals surface area contributed by atoms with E-state index >= 15 is 4.20 Å². The smallest absolute Gasteiger partial charge is 0.200 e. The lowest BCUT2D eigenvalue weighted by atomic mass is 10.3. The summed E-state index contributed by atoms with van der Waals surface area (Å²) in [5.41, 5.74) is 0. The van der Waals surface area contributed by atoms with Gasteiger partial charge in [0, 0.05) is 0 Å². The van der Waals surface area contributed by atoms with Crippen molar-refractivity contribution in [2.45, 2.75) is 0 Å². The average molecular weight is 371 g/mol. The first-order chi connectivity index (χ1) is 11.9. The van der Waals surface area contributed by atoms with Gasteiger partial charge < -0.3 is 0 Å². The molecular weight excluding hydrogens is 361 g/mol. The second-order valence-corrected chi connectivity index (χ2v) is 7.84. The Morgan fingerprint density at radius 3 is 1.16 bits per heavy atom. The van der Waals surface area contributed by atoms with Gasteiger partial charge >= 0.3 is 7.57 Å². The van der Waals surface area contributed by atoms with Gasteiger partial charge in [0.25, 0.3) is 0 Å². The molecule has 0 radical (unpaired) electrons. The summed E-state index contributed by atoms with van der Waals surface area (Å²) in [6, 6.07) is 13.9. The maximum Gasteiger partial charge on any atom is 0.305 e. The van der Waals surface area contributed by atoms with E-state index < -0.39 is 42.0 Å². The Balaban J connectivity index is 2.44. The summed E-state index contributed by atoms with van der Waals surface area (Å²) in [6.45, 7) is 0. The largest absolute Gasteiger partial charge is 0.305 e. The minimum atomic E-state index is -4.57. The molecule has 0 atom stereocenters. The molecule has 0 bridgehead atoms. The molecule has 0 unspecified atom stereocenters. The Morgan fingerprint density at radius 1 is 0.480 bits per heavy atom. The van der Waals surface area contributed by atoms with Gasteiger partial charge in [0.15, 0.2) is 0 Å². The molecule has 0 nitrogen and oxygen atoms in total. The Morgan fingerprint density at radius 2 is 0.800 bits per heavy atom. The Kier molecular flexibility index (Phi) is 4.56. The van der Waals surface area contributed by atoms with Crippen LogP contribution in [0.4, 0.5) is 26.1 Å². The van der Waals surface area contributed by atoms with E-state index in [1.165, 1.54) is 48.5 Å². The molecule has 25 heavy (non-hydrogen) atoms. The summed E-state index contributed by atoms with van der Waals surface area (Å²) in [6.07, 6.45) is 0. The summed E-state index contributed by atoms with van der Waals surface area (Å²) in [5.74, 6) is -10.9. The van der Waals surface area contributed by atoms with Gasteiger partial charge in [0.2, 0.25) is 34.4 Å². The molecule has 0 amide bonds. The summed E-state index contributed by atoms with van der Waals surface area (Å²) in [7, 11) is -4.57. The lowest BCUT2D eigenvalue weighted by molar-refractivity contribution is 0.384. The number of rotatable bonds is 3. The van der Waals surface area contributed by atoms with E-state index in [0.717, 1.165) is 0 Å². The fourth-order valence-corrected chi connectivity index (χ4v) is 5.26. The first-order valence-electron chi connectivity index (χ1n) is 7.11. The van der Waals surface area contributed by atoms with E-state index in [4.69, 9.17) is 0 Å². The van der Waals surface area contributed by atoms with Gasteiger partial charge in [-0.25, -0.2) is 13.2 Å². The molecule has 0 spiro atoms. The van der Waals surface area contributed by atoms with E-state index in [1.54, 1.807) is 12.1 Å². The zero-order valence-corrected chi connectivity index (χ0v) is 13.4. The van der Waals surface area contributed by atoms with Gasteiger partial charge in [-0.1, -0.05) is 36.4 Å². The van der Waals surface area contributed by atoms with Crippen molar-refractivity contribution in [1.82, 2.24) is 0 Å². The predicted octanol–water partition coefficient (Wildman–Crippen LogP) is 4.56. The van der Waals surface area contributed by atoms with Gasteiger partial charge in [-0.05, 0) is 28.5 Å². The summed E-state index contributed by atoms with van der Waals surface area (Å²) < 4.78 is 85.5. The van der Waals surface area contributed by atoms with Gasteiger partial charge in [-0.2, -0.15) is 8.78 Å². The van der Waals surface area contributed by atoms with Crippen LogP contribution in [0.1, 0.15) is 0 Å². The predicted molar refractivity (Wildman–Crippen MR) is 86.0 cm³/mol. The van der Waals surface area contributed by atoms with E-state index in [-0.39, 0.29) is 10.6 Å². The second kappa shape index (κ2) is 6.52. The highest BCUT2D eigenvalue weighted by atomic mass is 31.2. The van der Waals surface area contributed by atoms with Crippen molar-refractivity contribution in [2.75, 3.05) is 0 Å². The lowest BCUT2D eigenvalue weighted by Crippen LogP contribution is -2.34. The van der Waals surface area contributed by atoms with Crippen molar-refractivity contribution >= 4 is 23.5 Å². The average Bonchev–Trinajstić information content (AvgIpc) is 2.66. The maximum absolute atomic E-state index is 16.2. The standard InChI is InChI=1S/C18H10F6P/c19-13-14(20)16(22)18(17(23)15(13)21)25(24,11-7-3-1-4-8-11)12-9-5-2-6-10-12/h1-10H/q+1. The number of hydrogen-bond donors (Lipinski definition) is 0. The Bertz CT molecular complexity index is 843. The fraction of sp³-hybridized carbons (Fsp3) is 0. The van der Waals surface area contributed by atoms with Crippen LogP contribution in [0.5, 0.6) is 0 Å². The van der Waals surface area contributed by atoms with Crippen molar-refractivity contribution in [2.24, 2.45) is 0 Å². The van der Waals surface area contributed by atoms with Gasteiger partial charge in [0.05, 0.1) is 0 Å². The zero-order valence-electron chi connectivity index (χ0n) is 12.5. The molecule has 3 rings (SSSR count). The van der Waals surface area contributed by atoms with Crippen molar-refractivity contribution in [3.63, 3.8) is 0 Å². The molecule has 0 aromatic heterocycles. The molecular formula is C18H10F6P+. The molecule has 128 valence electrons. The summed E-state index contributed by atoms with van der Waals surface area (Å²) in [4.78, 5) is 0. The molecule has 0 saturated carbocycles. The van der Waals surface area contributed by atoms with E-state index in [1.807, 2.05) is 0 Å². The number of hydrogen-bond acceptors (Lipinski definition) is 0. The highest BCUT2D eigenvalue weighted by Gasteiger charge is 2.54. The summed E-state index contributed by atoms with van der Waals surface area (Å²) in [5, 5.41) is -1.73. The molecule has 0 aliphatic carbocycles. The highest BCUT2D eigenvalue weighted by Crippen LogP contribution is 2.58. The molecule has 3 aromatic carbocycles. The first kappa shape index (κ1) is 17.5. The second-order valence-electron chi connectivity index (χ2n) is 5.18. The molecule has 0 saturated heterocycles. The van der Waals surface area contributed by atoms with Gasteiger partial charge in [-0.3, -0.25) is 0 Å². The third-order valence-electron chi connectivity index (χ3n) is 3.72. The van der Waals surface area contributed by atoms with Crippen LogP contribution in [0.15, 0.2) is 60.7 Å². The minimum Gasteiger partial charge on any atom is -0.200 e. The van der Waals surface area contributed by atoms with Crippen LogP contribution >= 0.6 is 7.57 Å². The van der Waals surface area contributed by atoms with Crippen LogP contribution in [0, 0.1) is 29.1 Å². The molecule has 0 N–H and O–H groups in total. The normalized spacial score (nSPS) is 11.6. The first-order valence-corrected chi connectivity index (χ1v) is 8.79. The summed E-state index contributed by atoms with van der Waals surface area (Å²) >= 11 is 0. The van der Waals surface area contributed by atoms with Crippen molar-refractivity contribution in [3.8, 4) is 0 Å². The zero-order chi connectivity index (χ0) is 18.2. The monoisotopic (exact) mass is 371 g/mol. The van der Waals surface area contributed by atoms with E-state index in [2.05, 4.69) is 0 Å².